The highest BCUT2D eigenvalue weighted by molar-refractivity contribution is 14.0. The van der Waals surface area contributed by atoms with Crippen molar-refractivity contribution in [1.82, 2.24) is 15.2 Å². The van der Waals surface area contributed by atoms with Crippen LogP contribution in [0.2, 0.25) is 0 Å². The maximum atomic E-state index is 13.8. The zero-order valence-corrected chi connectivity index (χ0v) is 18.0. The molecule has 1 N–H and O–H groups in total. The van der Waals surface area contributed by atoms with Gasteiger partial charge < -0.3 is 15.0 Å². The van der Waals surface area contributed by atoms with Crippen molar-refractivity contribution in [3.63, 3.8) is 0 Å². The van der Waals surface area contributed by atoms with Crippen LogP contribution in [0.3, 0.4) is 0 Å². The number of nitrogens with one attached hydrogen (secondary N) is 1. The first-order chi connectivity index (χ1) is 11.5. The van der Waals surface area contributed by atoms with E-state index in [9.17, 15) is 4.39 Å². The molecule has 0 amide bonds. The monoisotopic (exact) mass is 478 g/mol. The van der Waals surface area contributed by atoms with Crippen molar-refractivity contribution in [1.29, 1.82) is 0 Å². The van der Waals surface area contributed by atoms with Crippen molar-refractivity contribution in [3.05, 3.63) is 45.7 Å². The fourth-order valence-electron chi connectivity index (χ4n) is 2.24. The minimum absolute atomic E-state index is 0. The Hall–Kier alpha value is -1.42. The number of hydrogen-bond acceptors (Lipinski definition) is 4. The van der Waals surface area contributed by atoms with E-state index in [-0.39, 0.29) is 35.5 Å². The SMILES string of the molecule is CCNC(=NCc1ncc(C)s1)N(C)Cc1ccc(OC)c(F)c1.I. The molecule has 0 bridgehead atoms. The summed E-state index contributed by atoms with van der Waals surface area (Å²) in [5, 5.41) is 4.23. The maximum absolute atomic E-state index is 13.8. The maximum Gasteiger partial charge on any atom is 0.194 e. The zero-order valence-electron chi connectivity index (χ0n) is 14.9. The van der Waals surface area contributed by atoms with Gasteiger partial charge in [-0.2, -0.15) is 0 Å². The van der Waals surface area contributed by atoms with E-state index in [1.54, 1.807) is 17.4 Å². The fourth-order valence-corrected chi connectivity index (χ4v) is 2.96. The number of rotatable bonds is 6. The summed E-state index contributed by atoms with van der Waals surface area (Å²) in [5.41, 5.74) is 0.853. The van der Waals surface area contributed by atoms with Gasteiger partial charge in [0.2, 0.25) is 0 Å². The molecule has 1 aromatic carbocycles. The average Bonchev–Trinajstić information content (AvgIpc) is 2.97. The van der Waals surface area contributed by atoms with E-state index in [4.69, 9.17) is 4.74 Å². The van der Waals surface area contributed by atoms with Crippen LogP contribution in [-0.2, 0) is 13.1 Å². The number of hydrogen-bond donors (Lipinski definition) is 1. The average molecular weight is 478 g/mol. The van der Waals surface area contributed by atoms with Crippen LogP contribution in [-0.4, -0.2) is 36.5 Å². The molecule has 0 saturated heterocycles. The second-order valence-electron chi connectivity index (χ2n) is 5.36. The van der Waals surface area contributed by atoms with Gasteiger partial charge in [0.1, 0.15) is 5.01 Å². The molecule has 5 nitrogen and oxygen atoms in total. The Labute approximate surface area is 169 Å². The lowest BCUT2D eigenvalue weighted by Gasteiger charge is -2.22. The Kier molecular flexibility index (Phi) is 9.12. The minimum Gasteiger partial charge on any atom is -0.494 e. The molecule has 0 spiro atoms. The van der Waals surface area contributed by atoms with E-state index >= 15 is 0 Å². The molecule has 0 unspecified atom stereocenters. The molecule has 0 fully saturated rings. The van der Waals surface area contributed by atoms with E-state index in [1.165, 1.54) is 18.1 Å². The van der Waals surface area contributed by atoms with E-state index in [1.807, 2.05) is 38.1 Å². The molecule has 2 aromatic rings. The van der Waals surface area contributed by atoms with Crippen LogP contribution in [0.4, 0.5) is 4.39 Å². The lowest BCUT2D eigenvalue weighted by molar-refractivity contribution is 0.385. The van der Waals surface area contributed by atoms with Crippen molar-refractivity contribution in [2.24, 2.45) is 4.99 Å². The van der Waals surface area contributed by atoms with Gasteiger partial charge in [0.15, 0.2) is 17.5 Å². The van der Waals surface area contributed by atoms with Crippen molar-refractivity contribution >= 4 is 41.3 Å². The van der Waals surface area contributed by atoms with Crippen LogP contribution in [0.25, 0.3) is 0 Å². The number of aliphatic imine (C=N–C) groups is 1. The van der Waals surface area contributed by atoms with Crippen LogP contribution in [0.15, 0.2) is 29.4 Å². The number of benzene rings is 1. The summed E-state index contributed by atoms with van der Waals surface area (Å²) in [6.45, 7) is 5.88. The molecule has 0 aliphatic heterocycles. The standard InChI is InChI=1S/C17H23FN4OS.HI/c1-5-19-17(21-10-16-20-9-12(2)24-16)22(3)11-13-6-7-15(23-4)14(18)8-13;/h6-9H,5,10-11H2,1-4H3,(H,19,21);1H. The van der Waals surface area contributed by atoms with Gasteiger partial charge in [-0.15, -0.1) is 35.3 Å². The van der Waals surface area contributed by atoms with Gasteiger partial charge in [-0.05, 0) is 31.5 Å². The second kappa shape index (κ2) is 10.5. The highest BCUT2D eigenvalue weighted by Gasteiger charge is 2.09. The molecule has 0 aliphatic carbocycles. The van der Waals surface area contributed by atoms with Gasteiger partial charge in [-0.1, -0.05) is 6.07 Å². The molecule has 25 heavy (non-hydrogen) atoms. The number of ether oxygens (including phenoxy) is 1. The number of aromatic nitrogens is 1. The van der Waals surface area contributed by atoms with Crippen molar-refractivity contribution in [2.45, 2.75) is 26.9 Å². The Balaban J connectivity index is 0.00000312. The van der Waals surface area contributed by atoms with Crippen molar-refractivity contribution < 1.29 is 9.13 Å². The zero-order chi connectivity index (χ0) is 17.5. The summed E-state index contributed by atoms with van der Waals surface area (Å²) in [4.78, 5) is 12.1. The first-order valence-electron chi connectivity index (χ1n) is 7.76. The van der Waals surface area contributed by atoms with E-state index < -0.39 is 0 Å². The minimum atomic E-state index is -0.358. The third-order valence-corrected chi connectivity index (χ3v) is 4.26. The number of aryl methyl sites for hydroxylation is 1. The molecule has 8 heteroatoms. The van der Waals surface area contributed by atoms with E-state index in [0.29, 0.717) is 13.1 Å². The van der Waals surface area contributed by atoms with Crippen LogP contribution in [0.1, 0.15) is 22.4 Å². The van der Waals surface area contributed by atoms with Gasteiger partial charge in [0.25, 0.3) is 0 Å². The predicted molar refractivity (Wildman–Crippen MR) is 112 cm³/mol. The van der Waals surface area contributed by atoms with Crippen LogP contribution < -0.4 is 10.1 Å². The first kappa shape index (κ1) is 21.6. The fraction of sp³-hybridized carbons (Fsp3) is 0.412. The number of nitrogens with zero attached hydrogens (tertiary/aromatic N) is 3. The summed E-state index contributed by atoms with van der Waals surface area (Å²) in [6.07, 6.45) is 1.85. The second-order valence-corrected chi connectivity index (χ2v) is 6.68. The normalized spacial score (nSPS) is 11.0. The Bertz CT molecular complexity index is 708. The molecule has 0 atom stereocenters. The van der Waals surface area contributed by atoms with Gasteiger partial charge in [-0.25, -0.2) is 14.4 Å². The van der Waals surface area contributed by atoms with Gasteiger partial charge in [0.05, 0.1) is 13.7 Å². The Morgan fingerprint density at radius 2 is 2.20 bits per heavy atom. The van der Waals surface area contributed by atoms with E-state index in [2.05, 4.69) is 15.3 Å². The number of thiazole rings is 1. The third-order valence-electron chi connectivity index (χ3n) is 3.37. The summed E-state index contributed by atoms with van der Waals surface area (Å²) in [5.74, 6) is 0.659. The predicted octanol–water partition coefficient (Wildman–Crippen LogP) is 3.81. The summed E-state index contributed by atoms with van der Waals surface area (Å²) in [7, 11) is 3.39. The Morgan fingerprint density at radius 1 is 1.44 bits per heavy atom. The number of halogens is 2. The molecule has 1 heterocycles. The summed E-state index contributed by atoms with van der Waals surface area (Å²) >= 11 is 1.64. The molecule has 0 radical (unpaired) electrons. The summed E-state index contributed by atoms with van der Waals surface area (Å²) in [6, 6.07) is 4.98. The van der Waals surface area contributed by atoms with Crippen LogP contribution in [0.5, 0.6) is 5.75 Å². The molecule has 2 rings (SSSR count). The van der Waals surface area contributed by atoms with Crippen LogP contribution >= 0.6 is 35.3 Å². The van der Waals surface area contributed by atoms with Gasteiger partial charge in [-0.3, -0.25) is 0 Å². The smallest absolute Gasteiger partial charge is 0.194 e. The molecule has 1 aromatic heterocycles. The third kappa shape index (κ3) is 6.43. The number of methoxy groups -OCH3 is 1. The lowest BCUT2D eigenvalue weighted by atomic mass is 10.2. The highest BCUT2D eigenvalue weighted by Crippen LogP contribution is 2.18. The molecular weight excluding hydrogens is 454 g/mol. The topological polar surface area (TPSA) is 49.8 Å². The molecule has 138 valence electrons. The van der Waals surface area contributed by atoms with E-state index in [0.717, 1.165) is 23.1 Å². The lowest BCUT2D eigenvalue weighted by Crippen LogP contribution is -2.38. The number of guanidine groups is 1. The van der Waals surface area contributed by atoms with Crippen molar-refractivity contribution in [3.8, 4) is 5.75 Å². The molecule has 0 aliphatic rings. The molecular formula is C17H24FIN4OS. The van der Waals surface area contributed by atoms with Crippen LogP contribution in [0, 0.1) is 12.7 Å². The van der Waals surface area contributed by atoms with Crippen molar-refractivity contribution in [2.75, 3.05) is 20.7 Å². The summed E-state index contributed by atoms with van der Waals surface area (Å²) < 4.78 is 18.8. The highest BCUT2D eigenvalue weighted by atomic mass is 127. The quantitative estimate of drug-likeness (QED) is 0.390. The first-order valence-corrected chi connectivity index (χ1v) is 8.58. The Morgan fingerprint density at radius 3 is 2.76 bits per heavy atom. The van der Waals surface area contributed by atoms with Gasteiger partial charge >= 0.3 is 0 Å². The largest absolute Gasteiger partial charge is 0.494 e. The van der Waals surface area contributed by atoms with Gasteiger partial charge in [0, 0.05) is 31.2 Å². The molecule has 0 saturated carbocycles.